The summed E-state index contributed by atoms with van der Waals surface area (Å²) in [5.74, 6) is -0.869. The Morgan fingerprint density at radius 1 is 0.750 bits per heavy atom. The van der Waals surface area contributed by atoms with Crippen LogP contribution >= 0.6 is 0 Å². The van der Waals surface area contributed by atoms with Gasteiger partial charge < -0.3 is 4.74 Å². The van der Waals surface area contributed by atoms with E-state index in [1.165, 1.54) is 0 Å². The van der Waals surface area contributed by atoms with Crippen LogP contribution in [0, 0.1) is 0 Å². The van der Waals surface area contributed by atoms with Gasteiger partial charge in [0.25, 0.3) is 0 Å². The number of hydrogen-bond donors (Lipinski definition) is 0. The fourth-order valence-electron chi connectivity index (χ4n) is 2.27. The van der Waals surface area contributed by atoms with Crippen LogP contribution < -0.4 is 4.74 Å². The molecule has 2 nitrogen and oxygen atoms in total. The summed E-state index contributed by atoms with van der Waals surface area (Å²) in [5.41, 5.74) is -5.77. The molecule has 2 rings (SSSR count). The van der Waals surface area contributed by atoms with Crippen molar-refractivity contribution >= 4 is 6.29 Å². The van der Waals surface area contributed by atoms with Gasteiger partial charge in [-0.05, 0) is 30.3 Å². The van der Waals surface area contributed by atoms with Crippen LogP contribution in [0.1, 0.15) is 32.6 Å². The van der Waals surface area contributed by atoms with Gasteiger partial charge in [-0.2, -0.15) is 39.5 Å². The van der Waals surface area contributed by atoms with Crippen molar-refractivity contribution < 1.29 is 49.0 Å². The van der Waals surface area contributed by atoms with Crippen molar-refractivity contribution in [3.8, 4) is 5.75 Å². The Labute approximate surface area is 151 Å². The Hall–Kier alpha value is -2.72. The maximum absolute atomic E-state index is 13.1. The highest BCUT2D eigenvalue weighted by atomic mass is 19.4. The van der Waals surface area contributed by atoms with Gasteiger partial charge in [-0.3, -0.25) is 4.79 Å². The first-order valence-electron chi connectivity index (χ1n) is 7.30. The molecule has 0 saturated carbocycles. The molecular weight excluding hydrogens is 407 g/mol. The highest BCUT2D eigenvalue weighted by Gasteiger charge is 2.39. The first kappa shape index (κ1) is 21.6. The van der Waals surface area contributed by atoms with Crippen LogP contribution in [0.25, 0.3) is 0 Å². The number of carbonyl (C=O) groups is 1. The summed E-state index contributed by atoms with van der Waals surface area (Å²) in [4.78, 5) is 10.6. The smallest absolute Gasteiger partial charge is 0.419 e. The van der Waals surface area contributed by atoms with Crippen LogP contribution in [-0.2, 0) is 25.1 Å². The molecule has 2 aromatic rings. The molecule has 0 fully saturated rings. The minimum absolute atomic E-state index is 0.136. The summed E-state index contributed by atoms with van der Waals surface area (Å²) in [6, 6.07) is 2.85. The number of rotatable bonds is 4. The van der Waals surface area contributed by atoms with E-state index < -0.39 is 53.1 Å². The monoisotopic (exact) mass is 416 g/mol. The molecule has 28 heavy (non-hydrogen) atoms. The Kier molecular flexibility index (Phi) is 5.67. The number of halogens is 9. The van der Waals surface area contributed by atoms with Gasteiger partial charge in [-0.1, -0.05) is 6.07 Å². The van der Waals surface area contributed by atoms with Gasteiger partial charge in [-0.15, -0.1) is 0 Å². The second-order valence-electron chi connectivity index (χ2n) is 5.53. The Bertz CT molecular complexity index is 864. The normalized spacial score (nSPS) is 12.8. The molecule has 0 aliphatic heterocycles. The van der Waals surface area contributed by atoms with Gasteiger partial charge in [0, 0.05) is 11.1 Å². The van der Waals surface area contributed by atoms with E-state index in [-0.39, 0.29) is 17.9 Å². The molecule has 0 saturated heterocycles. The third kappa shape index (κ3) is 4.96. The largest absolute Gasteiger partial charge is 0.488 e. The van der Waals surface area contributed by atoms with Crippen LogP contribution in [0.5, 0.6) is 5.75 Å². The Morgan fingerprint density at radius 3 is 1.86 bits per heavy atom. The fraction of sp³-hybridized carbons (Fsp3) is 0.235. The lowest BCUT2D eigenvalue weighted by atomic mass is 10.0. The molecule has 0 aliphatic carbocycles. The van der Waals surface area contributed by atoms with Crippen molar-refractivity contribution in [1.82, 2.24) is 0 Å². The van der Waals surface area contributed by atoms with Gasteiger partial charge in [0.15, 0.2) is 0 Å². The van der Waals surface area contributed by atoms with Crippen molar-refractivity contribution in [2.75, 3.05) is 0 Å². The summed E-state index contributed by atoms with van der Waals surface area (Å²) in [6.07, 6.45) is -15.1. The first-order valence-corrected chi connectivity index (χ1v) is 7.30. The molecule has 0 spiro atoms. The molecule has 2 aromatic carbocycles. The number of alkyl halides is 9. The predicted molar refractivity (Wildman–Crippen MR) is 77.6 cm³/mol. The minimum atomic E-state index is -5.19. The maximum atomic E-state index is 13.1. The fourth-order valence-corrected chi connectivity index (χ4v) is 2.27. The summed E-state index contributed by atoms with van der Waals surface area (Å²) >= 11 is 0. The molecule has 0 aliphatic rings. The molecule has 0 aromatic heterocycles. The second-order valence-corrected chi connectivity index (χ2v) is 5.53. The predicted octanol–water partition coefficient (Wildman–Crippen LogP) is 6.13. The molecule has 152 valence electrons. The van der Waals surface area contributed by atoms with Gasteiger partial charge >= 0.3 is 18.5 Å². The summed E-state index contributed by atoms with van der Waals surface area (Å²) in [6.45, 7) is -1.07. The maximum Gasteiger partial charge on any atom is 0.419 e. The van der Waals surface area contributed by atoms with Crippen molar-refractivity contribution in [3.63, 3.8) is 0 Å². The number of benzene rings is 2. The zero-order valence-corrected chi connectivity index (χ0v) is 13.5. The summed E-state index contributed by atoms with van der Waals surface area (Å²) < 4.78 is 121. The highest BCUT2D eigenvalue weighted by molar-refractivity contribution is 5.75. The van der Waals surface area contributed by atoms with E-state index in [9.17, 15) is 44.3 Å². The molecule has 0 atom stereocenters. The Balaban J connectivity index is 2.41. The third-order valence-electron chi connectivity index (χ3n) is 3.57. The van der Waals surface area contributed by atoms with E-state index in [0.717, 1.165) is 12.1 Å². The van der Waals surface area contributed by atoms with Gasteiger partial charge in [0.05, 0.1) is 16.7 Å². The number of carbonyl (C=O) groups excluding carboxylic acids is 1. The van der Waals surface area contributed by atoms with Crippen LogP contribution in [0.2, 0.25) is 0 Å². The van der Waals surface area contributed by atoms with Crippen molar-refractivity contribution in [2.24, 2.45) is 0 Å². The summed E-state index contributed by atoms with van der Waals surface area (Å²) in [5, 5.41) is 0. The third-order valence-corrected chi connectivity index (χ3v) is 3.57. The average Bonchev–Trinajstić information content (AvgIpc) is 2.57. The lowest BCUT2D eigenvalue weighted by Gasteiger charge is -2.18. The lowest BCUT2D eigenvalue weighted by molar-refractivity contribution is -0.144. The zero-order valence-electron chi connectivity index (χ0n) is 13.5. The van der Waals surface area contributed by atoms with Crippen LogP contribution in [-0.4, -0.2) is 6.29 Å². The average molecular weight is 416 g/mol. The van der Waals surface area contributed by atoms with Gasteiger partial charge in [0.2, 0.25) is 0 Å². The van der Waals surface area contributed by atoms with E-state index >= 15 is 0 Å². The number of hydrogen-bond acceptors (Lipinski definition) is 2. The van der Waals surface area contributed by atoms with Crippen molar-refractivity contribution in [3.05, 3.63) is 64.2 Å². The standard InChI is InChI=1S/C17H9F9O2/c18-15(19,20)11-3-2-10(12(6-11)16(21,22)23)8-28-14-4-1-9(7-27)5-13(14)17(24,25)26/h1-7H,8H2. The SMILES string of the molecule is O=Cc1ccc(OCc2ccc(C(F)(F)F)cc2C(F)(F)F)c(C(F)(F)F)c1. The second kappa shape index (κ2) is 7.36. The van der Waals surface area contributed by atoms with Crippen LogP contribution in [0.15, 0.2) is 36.4 Å². The first-order chi connectivity index (χ1) is 12.7. The van der Waals surface area contributed by atoms with E-state index in [1.807, 2.05) is 0 Å². The topological polar surface area (TPSA) is 26.3 Å². The van der Waals surface area contributed by atoms with Gasteiger partial charge in [0.1, 0.15) is 18.6 Å². The van der Waals surface area contributed by atoms with E-state index in [0.29, 0.717) is 18.2 Å². The molecular formula is C17H9F9O2. The molecule has 0 N–H and O–H groups in total. The molecule has 0 bridgehead atoms. The van der Waals surface area contributed by atoms with E-state index in [4.69, 9.17) is 4.74 Å². The molecule has 0 amide bonds. The molecule has 0 unspecified atom stereocenters. The van der Waals surface area contributed by atoms with Gasteiger partial charge in [-0.25, -0.2) is 0 Å². The number of aldehydes is 1. The zero-order chi connectivity index (χ0) is 21.3. The quantitative estimate of drug-likeness (QED) is 0.443. The summed E-state index contributed by atoms with van der Waals surface area (Å²) in [7, 11) is 0. The van der Waals surface area contributed by atoms with E-state index in [2.05, 4.69) is 0 Å². The molecule has 0 radical (unpaired) electrons. The Morgan fingerprint density at radius 2 is 1.36 bits per heavy atom. The minimum Gasteiger partial charge on any atom is -0.488 e. The van der Waals surface area contributed by atoms with Crippen molar-refractivity contribution in [1.29, 1.82) is 0 Å². The molecule has 0 heterocycles. The van der Waals surface area contributed by atoms with Crippen LogP contribution in [0.4, 0.5) is 39.5 Å². The number of ether oxygens (including phenoxy) is 1. The van der Waals surface area contributed by atoms with Crippen LogP contribution in [0.3, 0.4) is 0 Å². The molecule has 11 heteroatoms. The lowest BCUT2D eigenvalue weighted by Crippen LogP contribution is -2.15. The highest BCUT2D eigenvalue weighted by Crippen LogP contribution is 2.39. The van der Waals surface area contributed by atoms with E-state index in [1.54, 1.807) is 0 Å². The van der Waals surface area contributed by atoms with Crippen molar-refractivity contribution in [2.45, 2.75) is 25.1 Å².